The number of halogens is 3. The fourth-order valence-electron chi connectivity index (χ4n) is 3.43. The quantitative estimate of drug-likeness (QED) is 0.434. The molecular formula is C23H21F3N4O5. The summed E-state index contributed by atoms with van der Waals surface area (Å²) in [6.45, 7) is 0.836. The van der Waals surface area contributed by atoms with E-state index in [1.165, 1.54) is 26.2 Å². The van der Waals surface area contributed by atoms with Gasteiger partial charge in [0.15, 0.2) is 0 Å². The summed E-state index contributed by atoms with van der Waals surface area (Å²) in [5.74, 6) is -1.72. The molecule has 0 bridgehead atoms. The number of rotatable bonds is 8. The SMILES string of the molecule is COCCOc1ccc(C(F)(F)F)cc1NC(=O)CN1C(=O)NC(C)(c2cccc(C#N)c2)C1=O. The van der Waals surface area contributed by atoms with Crippen molar-refractivity contribution < 1.29 is 37.0 Å². The molecule has 2 aromatic carbocycles. The second-order valence-corrected chi connectivity index (χ2v) is 7.74. The summed E-state index contributed by atoms with van der Waals surface area (Å²) in [7, 11) is 1.42. The van der Waals surface area contributed by atoms with Crippen molar-refractivity contribution in [2.45, 2.75) is 18.6 Å². The molecule has 12 heteroatoms. The molecular weight excluding hydrogens is 469 g/mol. The van der Waals surface area contributed by atoms with Crippen LogP contribution in [0.15, 0.2) is 42.5 Å². The molecule has 184 valence electrons. The van der Waals surface area contributed by atoms with E-state index in [1.54, 1.807) is 12.1 Å². The number of hydrogen-bond acceptors (Lipinski definition) is 6. The topological polar surface area (TPSA) is 121 Å². The number of methoxy groups -OCH3 is 1. The molecule has 3 rings (SSSR count). The first-order valence-corrected chi connectivity index (χ1v) is 10.3. The van der Waals surface area contributed by atoms with Gasteiger partial charge in [-0.05, 0) is 42.8 Å². The summed E-state index contributed by atoms with van der Waals surface area (Å²) in [4.78, 5) is 38.9. The molecule has 1 fully saturated rings. The number of nitrogens with zero attached hydrogens (tertiary/aromatic N) is 2. The zero-order chi connectivity index (χ0) is 25.8. The van der Waals surface area contributed by atoms with Crippen molar-refractivity contribution in [1.29, 1.82) is 5.26 Å². The highest BCUT2D eigenvalue weighted by Crippen LogP contribution is 2.35. The van der Waals surface area contributed by atoms with Gasteiger partial charge >= 0.3 is 12.2 Å². The lowest BCUT2D eigenvalue weighted by molar-refractivity contribution is -0.137. The average molecular weight is 490 g/mol. The van der Waals surface area contributed by atoms with Gasteiger partial charge in [0, 0.05) is 7.11 Å². The van der Waals surface area contributed by atoms with E-state index in [9.17, 15) is 27.6 Å². The number of ether oxygens (including phenoxy) is 2. The summed E-state index contributed by atoms with van der Waals surface area (Å²) in [6.07, 6.45) is -4.67. The molecule has 0 spiro atoms. The van der Waals surface area contributed by atoms with Crippen molar-refractivity contribution in [2.75, 3.05) is 32.2 Å². The van der Waals surface area contributed by atoms with Crippen LogP contribution in [0, 0.1) is 11.3 Å². The van der Waals surface area contributed by atoms with Crippen LogP contribution in [0.1, 0.15) is 23.6 Å². The average Bonchev–Trinajstić information content (AvgIpc) is 3.03. The lowest BCUT2D eigenvalue weighted by atomic mass is 9.91. The lowest BCUT2D eigenvalue weighted by Crippen LogP contribution is -2.42. The molecule has 2 N–H and O–H groups in total. The Balaban J connectivity index is 1.80. The number of carbonyl (C=O) groups excluding carboxylic acids is 3. The number of benzene rings is 2. The predicted octanol–water partition coefficient (Wildman–Crippen LogP) is 3.01. The third-order valence-corrected chi connectivity index (χ3v) is 5.27. The van der Waals surface area contributed by atoms with Gasteiger partial charge in [-0.1, -0.05) is 12.1 Å². The Kier molecular flexibility index (Phi) is 7.31. The minimum atomic E-state index is -4.67. The minimum Gasteiger partial charge on any atom is -0.489 e. The molecule has 35 heavy (non-hydrogen) atoms. The van der Waals surface area contributed by atoms with Crippen LogP contribution in [0.5, 0.6) is 5.75 Å². The number of alkyl halides is 3. The Morgan fingerprint density at radius 1 is 1.20 bits per heavy atom. The molecule has 9 nitrogen and oxygen atoms in total. The molecule has 1 aliphatic rings. The van der Waals surface area contributed by atoms with Crippen LogP contribution >= 0.6 is 0 Å². The Morgan fingerprint density at radius 3 is 2.60 bits per heavy atom. The standard InChI is InChI=1S/C23H21F3N4O5/c1-22(15-5-3-4-14(10-15)12-27)20(32)30(21(33)29-22)13-19(31)28-17-11-16(23(24,25)26)6-7-18(17)35-9-8-34-2/h3-7,10-11H,8-9,13H2,1-2H3,(H,28,31)(H,29,33). The third kappa shape index (κ3) is 5.52. The number of urea groups is 1. The molecule has 0 aromatic heterocycles. The number of nitriles is 1. The Bertz CT molecular complexity index is 1190. The number of carbonyl (C=O) groups is 3. The van der Waals surface area contributed by atoms with E-state index in [1.807, 2.05) is 6.07 Å². The molecule has 1 saturated heterocycles. The molecule has 0 aliphatic carbocycles. The van der Waals surface area contributed by atoms with Crippen molar-refractivity contribution in [3.05, 3.63) is 59.2 Å². The van der Waals surface area contributed by atoms with Gasteiger partial charge in [0.2, 0.25) is 5.91 Å². The highest BCUT2D eigenvalue weighted by Gasteiger charge is 2.49. The summed E-state index contributed by atoms with van der Waals surface area (Å²) in [5, 5.41) is 13.9. The first kappa shape index (κ1) is 25.5. The summed E-state index contributed by atoms with van der Waals surface area (Å²) >= 11 is 0. The van der Waals surface area contributed by atoms with Crippen molar-refractivity contribution in [3.63, 3.8) is 0 Å². The van der Waals surface area contributed by atoms with Gasteiger partial charge in [-0.2, -0.15) is 18.4 Å². The monoisotopic (exact) mass is 490 g/mol. The summed E-state index contributed by atoms with van der Waals surface area (Å²) in [6, 6.07) is 9.70. The maximum absolute atomic E-state index is 13.2. The first-order valence-electron chi connectivity index (χ1n) is 10.3. The molecule has 4 amide bonds. The number of imide groups is 1. The second-order valence-electron chi connectivity index (χ2n) is 7.74. The van der Waals surface area contributed by atoms with Crippen LogP contribution < -0.4 is 15.4 Å². The molecule has 1 unspecified atom stereocenters. The molecule has 0 radical (unpaired) electrons. The van der Waals surface area contributed by atoms with Crippen molar-refractivity contribution in [3.8, 4) is 11.8 Å². The largest absolute Gasteiger partial charge is 0.489 e. The van der Waals surface area contributed by atoms with Crippen LogP contribution in [0.4, 0.5) is 23.7 Å². The maximum Gasteiger partial charge on any atom is 0.416 e. The molecule has 1 heterocycles. The number of hydrogen-bond donors (Lipinski definition) is 2. The lowest BCUT2D eigenvalue weighted by Gasteiger charge is -2.22. The first-order chi connectivity index (χ1) is 16.5. The van der Waals surface area contributed by atoms with E-state index in [4.69, 9.17) is 14.7 Å². The van der Waals surface area contributed by atoms with Gasteiger partial charge < -0.3 is 20.1 Å². The van der Waals surface area contributed by atoms with Crippen LogP contribution in [0.2, 0.25) is 0 Å². The van der Waals surface area contributed by atoms with Crippen molar-refractivity contribution in [2.24, 2.45) is 0 Å². The number of nitrogens with one attached hydrogen (secondary N) is 2. The molecule has 1 aliphatic heterocycles. The van der Waals surface area contributed by atoms with Crippen molar-refractivity contribution in [1.82, 2.24) is 10.2 Å². The number of amides is 4. The van der Waals surface area contributed by atoms with Crippen LogP contribution in [-0.2, 0) is 26.0 Å². The Morgan fingerprint density at radius 2 is 1.94 bits per heavy atom. The van der Waals surface area contributed by atoms with E-state index in [0.29, 0.717) is 16.5 Å². The normalized spacial score (nSPS) is 17.7. The zero-order valence-corrected chi connectivity index (χ0v) is 18.7. The fraction of sp³-hybridized carbons (Fsp3) is 0.304. The maximum atomic E-state index is 13.2. The smallest absolute Gasteiger partial charge is 0.416 e. The molecule has 2 aromatic rings. The summed E-state index contributed by atoms with van der Waals surface area (Å²) < 4.78 is 49.7. The highest BCUT2D eigenvalue weighted by atomic mass is 19.4. The van der Waals surface area contributed by atoms with Crippen LogP contribution in [-0.4, -0.2) is 49.6 Å². The molecule has 0 saturated carbocycles. The van der Waals surface area contributed by atoms with Crippen LogP contribution in [0.25, 0.3) is 0 Å². The Labute approximate surface area is 198 Å². The second kappa shape index (κ2) is 10.0. The van der Waals surface area contributed by atoms with E-state index < -0.39 is 41.7 Å². The van der Waals surface area contributed by atoms with Gasteiger partial charge in [0.25, 0.3) is 5.91 Å². The van der Waals surface area contributed by atoms with Crippen molar-refractivity contribution >= 4 is 23.5 Å². The summed E-state index contributed by atoms with van der Waals surface area (Å²) in [5.41, 5.74) is -2.23. The zero-order valence-electron chi connectivity index (χ0n) is 18.7. The number of anilines is 1. The van der Waals surface area contributed by atoms with E-state index in [2.05, 4.69) is 10.6 Å². The third-order valence-electron chi connectivity index (χ3n) is 5.27. The van der Waals surface area contributed by atoms with Gasteiger partial charge in [-0.15, -0.1) is 0 Å². The van der Waals surface area contributed by atoms with Gasteiger partial charge in [-0.3, -0.25) is 14.5 Å². The molecule has 1 atom stereocenters. The van der Waals surface area contributed by atoms with Gasteiger partial charge in [0.05, 0.1) is 29.5 Å². The van der Waals surface area contributed by atoms with Gasteiger partial charge in [-0.25, -0.2) is 4.79 Å². The Hall–Kier alpha value is -4.11. The fourth-order valence-corrected chi connectivity index (χ4v) is 3.43. The van der Waals surface area contributed by atoms with Gasteiger partial charge in [0.1, 0.15) is 24.4 Å². The highest BCUT2D eigenvalue weighted by molar-refractivity contribution is 6.10. The van der Waals surface area contributed by atoms with Crippen LogP contribution in [0.3, 0.4) is 0 Å². The van der Waals surface area contributed by atoms with E-state index >= 15 is 0 Å². The minimum absolute atomic E-state index is 0.0118. The van der Waals surface area contributed by atoms with E-state index in [-0.39, 0.29) is 30.2 Å². The predicted molar refractivity (Wildman–Crippen MR) is 116 cm³/mol. The van der Waals surface area contributed by atoms with E-state index in [0.717, 1.165) is 12.1 Å².